The summed E-state index contributed by atoms with van der Waals surface area (Å²) >= 11 is 0. The first-order valence-electron chi connectivity index (χ1n) is 7.25. The summed E-state index contributed by atoms with van der Waals surface area (Å²) in [6.45, 7) is 13.2. The van der Waals surface area contributed by atoms with Gasteiger partial charge in [0.1, 0.15) is 0 Å². The Bertz CT molecular complexity index is 179. The molecule has 0 aromatic rings. The van der Waals surface area contributed by atoms with Crippen molar-refractivity contribution in [3.63, 3.8) is 0 Å². The number of ether oxygens (including phenoxy) is 1. The Morgan fingerprint density at radius 2 is 2.24 bits per heavy atom. The quantitative estimate of drug-likeness (QED) is 0.627. The molecule has 1 aliphatic rings. The first kappa shape index (κ1) is 14.9. The molecule has 0 aromatic heterocycles. The molecule has 0 spiro atoms. The first-order chi connectivity index (χ1) is 8.22. The van der Waals surface area contributed by atoms with Crippen LogP contribution in [0.5, 0.6) is 0 Å². The molecule has 1 unspecified atom stereocenters. The van der Waals surface area contributed by atoms with Gasteiger partial charge in [-0.1, -0.05) is 13.8 Å². The topological polar surface area (TPSA) is 24.5 Å². The highest BCUT2D eigenvalue weighted by Gasteiger charge is 2.18. The van der Waals surface area contributed by atoms with E-state index in [1.54, 1.807) is 0 Å². The molecule has 0 bridgehead atoms. The standard InChI is InChI=1S/C14H30N2O/c1-4-17-10-6-9-16(11-13(2)3)12-14-7-5-8-15-14/h13-15H,4-12H2,1-3H3. The molecule has 1 saturated heterocycles. The summed E-state index contributed by atoms with van der Waals surface area (Å²) < 4.78 is 5.42. The lowest BCUT2D eigenvalue weighted by atomic mass is 10.1. The maximum absolute atomic E-state index is 5.42. The van der Waals surface area contributed by atoms with Crippen molar-refractivity contribution in [2.45, 2.75) is 46.1 Å². The molecular formula is C14H30N2O. The summed E-state index contributed by atoms with van der Waals surface area (Å²) in [7, 11) is 0. The summed E-state index contributed by atoms with van der Waals surface area (Å²) in [5.74, 6) is 0.753. The van der Waals surface area contributed by atoms with Gasteiger partial charge in [0.15, 0.2) is 0 Å². The Morgan fingerprint density at radius 3 is 2.82 bits per heavy atom. The Morgan fingerprint density at radius 1 is 1.41 bits per heavy atom. The molecule has 3 heteroatoms. The zero-order chi connectivity index (χ0) is 12.5. The summed E-state index contributed by atoms with van der Waals surface area (Å²) in [5.41, 5.74) is 0. The van der Waals surface area contributed by atoms with Crippen molar-refractivity contribution in [1.29, 1.82) is 0 Å². The van der Waals surface area contributed by atoms with Crippen LogP contribution in [0.3, 0.4) is 0 Å². The van der Waals surface area contributed by atoms with Gasteiger partial charge in [0.05, 0.1) is 0 Å². The van der Waals surface area contributed by atoms with Crippen LogP contribution in [-0.4, -0.2) is 50.3 Å². The predicted octanol–water partition coefficient (Wildman–Crippen LogP) is 2.12. The average Bonchev–Trinajstić information content (AvgIpc) is 2.76. The highest BCUT2D eigenvalue weighted by atomic mass is 16.5. The fourth-order valence-electron chi connectivity index (χ4n) is 2.53. The molecule has 1 fully saturated rings. The van der Waals surface area contributed by atoms with Crippen LogP contribution < -0.4 is 5.32 Å². The lowest BCUT2D eigenvalue weighted by Gasteiger charge is -2.27. The van der Waals surface area contributed by atoms with Crippen LogP contribution >= 0.6 is 0 Å². The van der Waals surface area contributed by atoms with E-state index >= 15 is 0 Å². The van der Waals surface area contributed by atoms with Gasteiger partial charge in [-0.2, -0.15) is 0 Å². The number of nitrogens with zero attached hydrogens (tertiary/aromatic N) is 1. The van der Waals surface area contributed by atoms with E-state index in [-0.39, 0.29) is 0 Å². The van der Waals surface area contributed by atoms with E-state index in [0.29, 0.717) is 0 Å². The minimum atomic E-state index is 0.723. The largest absolute Gasteiger partial charge is 0.382 e. The van der Waals surface area contributed by atoms with Crippen LogP contribution in [0.15, 0.2) is 0 Å². The summed E-state index contributed by atoms with van der Waals surface area (Å²) in [4.78, 5) is 2.60. The number of rotatable bonds is 9. The Balaban J connectivity index is 2.21. The molecule has 17 heavy (non-hydrogen) atoms. The van der Waals surface area contributed by atoms with E-state index in [9.17, 15) is 0 Å². The smallest absolute Gasteiger partial charge is 0.0478 e. The van der Waals surface area contributed by atoms with Gasteiger partial charge in [-0.25, -0.2) is 0 Å². The normalized spacial score (nSPS) is 20.6. The zero-order valence-corrected chi connectivity index (χ0v) is 11.9. The van der Waals surface area contributed by atoms with Crippen LogP contribution in [0.4, 0.5) is 0 Å². The second-order valence-corrected chi connectivity index (χ2v) is 5.50. The second kappa shape index (κ2) is 8.90. The third-order valence-electron chi connectivity index (χ3n) is 3.23. The van der Waals surface area contributed by atoms with Crippen LogP contribution in [-0.2, 0) is 4.74 Å². The molecule has 0 saturated carbocycles. The second-order valence-electron chi connectivity index (χ2n) is 5.50. The third-order valence-corrected chi connectivity index (χ3v) is 3.23. The molecule has 3 nitrogen and oxygen atoms in total. The minimum Gasteiger partial charge on any atom is -0.382 e. The van der Waals surface area contributed by atoms with Crippen molar-refractivity contribution in [3.05, 3.63) is 0 Å². The number of nitrogens with one attached hydrogen (secondary N) is 1. The Kier molecular flexibility index (Phi) is 7.82. The van der Waals surface area contributed by atoms with Crippen molar-refractivity contribution >= 4 is 0 Å². The molecule has 1 rings (SSSR count). The van der Waals surface area contributed by atoms with Gasteiger partial charge in [0.25, 0.3) is 0 Å². The maximum atomic E-state index is 5.42. The molecule has 1 heterocycles. The maximum Gasteiger partial charge on any atom is 0.0478 e. The molecule has 1 atom stereocenters. The molecule has 0 aliphatic carbocycles. The summed E-state index contributed by atoms with van der Waals surface area (Å²) in [5, 5.41) is 3.59. The van der Waals surface area contributed by atoms with Crippen molar-refractivity contribution in [3.8, 4) is 0 Å². The SMILES string of the molecule is CCOCCCN(CC(C)C)CC1CCCN1. The fourth-order valence-corrected chi connectivity index (χ4v) is 2.53. The van der Waals surface area contributed by atoms with Gasteiger partial charge in [-0.15, -0.1) is 0 Å². The van der Waals surface area contributed by atoms with Crippen LogP contribution in [0.2, 0.25) is 0 Å². The van der Waals surface area contributed by atoms with Crippen molar-refractivity contribution < 1.29 is 4.74 Å². The van der Waals surface area contributed by atoms with Crippen LogP contribution in [0, 0.1) is 5.92 Å². The molecule has 0 aromatic carbocycles. The molecule has 1 N–H and O–H groups in total. The molecule has 0 amide bonds. The van der Waals surface area contributed by atoms with E-state index in [2.05, 4.69) is 31.0 Å². The molecular weight excluding hydrogens is 212 g/mol. The van der Waals surface area contributed by atoms with E-state index in [4.69, 9.17) is 4.74 Å². The molecule has 1 aliphatic heterocycles. The summed E-state index contributed by atoms with van der Waals surface area (Å²) in [6, 6.07) is 0.723. The molecule has 0 radical (unpaired) electrons. The van der Waals surface area contributed by atoms with Crippen molar-refractivity contribution in [1.82, 2.24) is 10.2 Å². The highest BCUT2D eigenvalue weighted by molar-refractivity contribution is 4.78. The lowest BCUT2D eigenvalue weighted by molar-refractivity contribution is 0.127. The van der Waals surface area contributed by atoms with Gasteiger partial charge >= 0.3 is 0 Å². The van der Waals surface area contributed by atoms with E-state index in [0.717, 1.165) is 31.6 Å². The first-order valence-corrected chi connectivity index (χ1v) is 7.25. The number of hydrogen-bond acceptors (Lipinski definition) is 3. The lowest BCUT2D eigenvalue weighted by Crippen LogP contribution is -2.40. The van der Waals surface area contributed by atoms with Crippen molar-refractivity contribution in [2.75, 3.05) is 39.4 Å². The van der Waals surface area contributed by atoms with Crippen LogP contribution in [0.25, 0.3) is 0 Å². The third kappa shape index (κ3) is 7.02. The monoisotopic (exact) mass is 242 g/mol. The Hall–Kier alpha value is -0.120. The van der Waals surface area contributed by atoms with E-state index < -0.39 is 0 Å². The van der Waals surface area contributed by atoms with Crippen LogP contribution in [0.1, 0.15) is 40.0 Å². The van der Waals surface area contributed by atoms with Gasteiger partial charge in [0.2, 0.25) is 0 Å². The minimum absolute atomic E-state index is 0.723. The van der Waals surface area contributed by atoms with E-state index in [1.165, 1.54) is 39.0 Å². The van der Waals surface area contributed by atoms with Gasteiger partial charge in [-0.05, 0) is 38.6 Å². The highest BCUT2D eigenvalue weighted by Crippen LogP contribution is 2.09. The zero-order valence-electron chi connectivity index (χ0n) is 11.9. The summed E-state index contributed by atoms with van der Waals surface area (Å²) in [6.07, 6.45) is 3.85. The van der Waals surface area contributed by atoms with Gasteiger partial charge in [-0.3, -0.25) is 0 Å². The van der Waals surface area contributed by atoms with Gasteiger partial charge in [0, 0.05) is 38.9 Å². The van der Waals surface area contributed by atoms with E-state index in [1.807, 2.05) is 0 Å². The fraction of sp³-hybridized carbons (Fsp3) is 1.00. The predicted molar refractivity (Wildman–Crippen MR) is 73.4 cm³/mol. The Labute approximate surface area is 107 Å². The van der Waals surface area contributed by atoms with Gasteiger partial charge < -0.3 is 15.0 Å². The molecule has 102 valence electrons. The average molecular weight is 242 g/mol. The van der Waals surface area contributed by atoms with Crippen molar-refractivity contribution in [2.24, 2.45) is 5.92 Å². The number of hydrogen-bond donors (Lipinski definition) is 1.